The lowest BCUT2D eigenvalue weighted by Gasteiger charge is -2.10. The van der Waals surface area contributed by atoms with Crippen molar-refractivity contribution in [3.63, 3.8) is 0 Å². The Balaban J connectivity index is 1.60. The van der Waals surface area contributed by atoms with Crippen LogP contribution in [0.5, 0.6) is 23.0 Å². The van der Waals surface area contributed by atoms with E-state index in [9.17, 15) is 9.59 Å². The smallest absolute Gasteiger partial charge is 0.343 e. The molecule has 3 aromatic rings. The van der Waals surface area contributed by atoms with Gasteiger partial charge in [0.05, 0.1) is 32.6 Å². The van der Waals surface area contributed by atoms with Crippen molar-refractivity contribution in [2.45, 2.75) is 19.8 Å². The minimum absolute atomic E-state index is 0.264. The van der Waals surface area contributed by atoms with E-state index in [1.807, 2.05) is 0 Å². The Hall–Kier alpha value is -4.33. The molecule has 0 heterocycles. The number of unbranched alkanes of at least 4 members (excludes halogenated alkanes) is 1. The van der Waals surface area contributed by atoms with Crippen molar-refractivity contribution in [2.24, 2.45) is 5.10 Å². The fourth-order valence-electron chi connectivity index (χ4n) is 3.00. The molecule has 3 rings (SSSR count). The molecule has 0 aliphatic carbocycles. The Morgan fingerprint density at radius 2 is 1.54 bits per heavy atom. The molecule has 1 N–H and O–H groups in total. The van der Waals surface area contributed by atoms with Crippen LogP contribution in [0.4, 0.5) is 0 Å². The van der Waals surface area contributed by atoms with Crippen LogP contribution in [0.25, 0.3) is 0 Å². The van der Waals surface area contributed by atoms with Crippen molar-refractivity contribution in [2.75, 3.05) is 20.8 Å². The monoisotopic (exact) mass is 476 g/mol. The summed E-state index contributed by atoms with van der Waals surface area (Å²) >= 11 is 0. The Morgan fingerprint density at radius 1 is 0.857 bits per heavy atom. The molecule has 0 aromatic heterocycles. The van der Waals surface area contributed by atoms with Crippen molar-refractivity contribution in [1.82, 2.24) is 5.43 Å². The molecule has 182 valence electrons. The fourth-order valence-corrected chi connectivity index (χ4v) is 3.00. The van der Waals surface area contributed by atoms with Crippen LogP contribution < -0.4 is 24.4 Å². The molecule has 3 aromatic carbocycles. The Morgan fingerprint density at radius 3 is 2.20 bits per heavy atom. The van der Waals surface area contributed by atoms with E-state index in [1.54, 1.807) is 73.8 Å². The van der Waals surface area contributed by atoms with E-state index < -0.39 is 5.97 Å². The molecule has 0 aliphatic heterocycles. The van der Waals surface area contributed by atoms with Crippen molar-refractivity contribution >= 4 is 18.1 Å². The van der Waals surface area contributed by atoms with Crippen LogP contribution in [0.2, 0.25) is 0 Å². The molecule has 0 spiro atoms. The molecule has 0 unspecified atom stereocenters. The first kappa shape index (κ1) is 25.3. The van der Waals surface area contributed by atoms with Gasteiger partial charge >= 0.3 is 5.97 Å². The Labute approximate surface area is 204 Å². The van der Waals surface area contributed by atoms with E-state index in [4.69, 9.17) is 18.9 Å². The number of nitrogens with one attached hydrogen (secondary N) is 1. The number of methoxy groups -OCH3 is 2. The molecule has 35 heavy (non-hydrogen) atoms. The summed E-state index contributed by atoms with van der Waals surface area (Å²) in [5, 5.41) is 3.98. The van der Waals surface area contributed by atoms with E-state index in [2.05, 4.69) is 17.5 Å². The molecule has 0 radical (unpaired) electrons. The van der Waals surface area contributed by atoms with Gasteiger partial charge in [0.1, 0.15) is 11.5 Å². The van der Waals surface area contributed by atoms with Gasteiger partial charge in [-0.2, -0.15) is 5.10 Å². The number of nitrogens with zero attached hydrogens (tertiary/aromatic N) is 1. The zero-order valence-electron chi connectivity index (χ0n) is 19.9. The van der Waals surface area contributed by atoms with Gasteiger partial charge < -0.3 is 18.9 Å². The number of esters is 1. The van der Waals surface area contributed by atoms with E-state index in [-0.39, 0.29) is 11.7 Å². The van der Waals surface area contributed by atoms with Gasteiger partial charge in [0, 0.05) is 5.56 Å². The van der Waals surface area contributed by atoms with Crippen molar-refractivity contribution < 1.29 is 28.5 Å². The Kier molecular flexibility index (Phi) is 9.24. The van der Waals surface area contributed by atoms with Crippen LogP contribution in [-0.4, -0.2) is 38.9 Å². The highest BCUT2D eigenvalue weighted by Crippen LogP contribution is 2.28. The predicted octanol–water partition coefficient (Wildman–Crippen LogP) is 4.87. The number of benzene rings is 3. The van der Waals surface area contributed by atoms with E-state index in [1.165, 1.54) is 13.3 Å². The number of ether oxygens (including phenoxy) is 4. The quantitative estimate of drug-likeness (QED) is 0.140. The lowest BCUT2D eigenvalue weighted by atomic mass is 10.2. The third kappa shape index (κ3) is 7.33. The third-order valence-electron chi connectivity index (χ3n) is 4.98. The number of carbonyl (C=O) groups is 2. The van der Waals surface area contributed by atoms with Crippen molar-refractivity contribution in [3.8, 4) is 23.0 Å². The van der Waals surface area contributed by atoms with Crippen molar-refractivity contribution in [3.05, 3.63) is 83.4 Å². The first-order chi connectivity index (χ1) is 17.0. The zero-order valence-corrected chi connectivity index (χ0v) is 19.9. The lowest BCUT2D eigenvalue weighted by molar-refractivity contribution is 0.0729. The van der Waals surface area contributed by atoms with Gasteiger partial charge in [-0.05, 0) is 78.7 Å². The zero-order chi connectivity index (χ0) is 25.0. The second kappa shape index (κ2) is 12.8. The molecule has 1 amide bonds. The SMILES string of the molecule is CCCCOc1ccc(C(=O)Oc2ccc(/C=N/NC(=O)c3ccc(OC)cc3)cc2OC)cc1. The maximum absolute atomic E-state index is 12.6. The lowest BCUT2D eigenvalue weighted by Crippen LogP contribution is -2.17. The second-order valence-corrected chi connectivity index (χ2v) is 7.45. The topological polar surface area (TPSA) is 95.5 Å². The van der Waals surface area contributed by atoms with Gasteiger partial charge in [0.2, 0.25) is 0 Å². The van der Waals surface area contributed by atoms with E-state index in [0.29, 0.717) is 40.5 Å². The molecular weight excluding hydrogens is 448 g/mol. The predicted molar refractivity (Wildman–Crippen MR) is 133 cm³/mol. The first-order valence-electron chi connectivity index (χ1n) is 11.1. The van der Waals surface area contributed by atoms with Crippen LogP contribution in [0.3, 0.4) is 0 Å². The van der Waals surface area contributed by atoms with Crippen LogP contribution in [0, 0.1) is 0 Å². The highest BCUT2D eigenvalue weighted by molar-refractivity contribution is 5.95. The number of carbonyl (C=O) groups excluding carboxylic acids is 2. The minimum atomic E-state index is -0.517. The number of amides is 1. The third-order valence-corrected chi connectivity index (χ3v) is 4.98. The van der Waals surface area contributed by atoms with Crippen LogP contribution in [0.1, 0.15) is 46.0 Å². The van der Waals surface area contributed by atoms with Gasteiger partial charge in [-0.1, -0.05) is 13.3 Å². The van der Waals surface area contributed by atoms with Gasteiger partial charge in [-0.3, -0.25) is 4.79 Å². The molecular formula is C27H28N2O6. The van der Waals surface area contributed by atoms with Crippen LogP contribution >= 0.6 is 0 Å². The highest BCUT2D eigenvalue weighted by Gasteiger charge is 2.13. The molecule has 0 atom stereocenters. The second-order valence-electron chi connectivity index (χ2n) is 7.45. The molecule has 8 heteroatoms. The van der Waals surface area contributed by atoms with Crippen LogP contribution in [0.15, 0.2) is 71.8 Å². The molecule has 8 nitrogen and oxygen atoms in total. The number of rotatable bonds is 11. The van der Waals surface area contributed by atoms with E-state index in [0.717, 1.165) is 12.8 Å². The van der Waals surface area contributed by atoms with E-state index >= 15 is 0 Å². The fraction of sp³-hybridized carbons (Fsp3) is 0.222. The largest absolute Gasteiger partial charge is 0.497 e. The highest BCUT2D eigenvalue weighted by atomic mass is 16.6. The molecule has 0 saturated heterocycles. The van der Waals surface area contributed by atoms with Gasteiger partial charge in [-0.15, -0.1) is 0 Å². The number of hydrogen-bond acceptors (Lipinski definition) is 7. The van der Waals surface area contributed by atoms with Gasteiger partial charge in [-0.25, -0.2) is 10.2 Å². The normalized spacial score (nSPS) is 10.6. The number of hydrogen-bond donors (Lipinski definition) is 1. The average molecular weight is 477 g/mol. The van der Waals surface area contributed by atoms with Gasteiger partial charge in [0.25, 0.3) is 5.91 Å². The maximum atomic E-state index is 12.6. The summed E-state index contributed by atoms with van der Waals surface area (Å²) in [6.45, 7) is 2.73. The first-order valence-corrected chi connectivity index (χ1v) is 11.1. The summed E-state index contributed by atoms with van der Waals surface area (Å²) in [6, 6.07) is 18.4. The molecule has 0 fully saturated rings. The summed E-state index contributed by atoms with van der Waals surface area (Å²) in [5.41, 5.74) is 3.95. The minimum Gasteiger partial charge on any atom is -0.497 e. The average Bonchev–Trinajstić information content (AvgIpc) is 2.90. The standard InChI is InChI=1S/C27H28N2O6/c1-4-5-16-34-23-13-9-21(10-14-23)27(31)35-24-15-6-19(17-25(24)33-3)18-28-29-26(30)20-7-11-22(32-2)12-8-20/h6-15,17-18H,4-5,16H2,1-3H3,(H,29,30)/b28-18+. The van der Waals surface area contributed by atoms with Crippen molar-refractivity contribution in [1.29, 1.82) is 0 Å². The Bertz CT molecular complexity index is 1160. The summed E-state index contributed by atoms with van der Waals surface area (Å²) in [5.74, 6) is 1.10. The van der Waals surface area contributed by atoms with Crippen LogP contribution in [-0.2, 0) is 0 Å². The summed E-state index contributed by atoms with van der Waals surface area (Å²) in [4.78, 5) is 24.8. The summed E-state index contributed by atoms with van der Waals surface area (Å²) < 4.78 is 21.6. The molecule has 0 saturated carbocycles. The summed E-state index contributed by atoms with van der Waals surface area (Å²) in [6.07, 6.45) is 3.49. The van der Waals surface area contributed by atoms with Gasteiger partial charge in [0.15, 0.2) is 11.5 Å². The molecule has 0 aliphatic rings. The molecule has 0 bridgehead atoms. The number of hydrazone groups is 1. The summed E-state index contributed by atoms with van der Waals surface area (Å²) in [7, 11) is 3.03. The maximum Gasteiger partial charge on any atom is 0.343 e.